The fourth-order valence-corrected chi connectivity index (χ4v) is 5.31. The molecule has 1 aromatic carbocycles. The highest BCUT2D eigenvalue weighted by Gasteiger charge is 2.41. The number of unbranched alkanes of at least 4 members (excludes halogenated alkanes) is 3. The zero-order valence-electron chi connectivity index (χ0n) is 31.2. The number of halogens is 1. The Hall–Kier alpha value is -4.32. The van der Waals surface area contributed by atoms with Gasteiger partial charge in [0.1, 0.15) is 23.9 Å². The van der Waals surface area contributed by atoms with Gasteiger partial charge < -0.3 is 35.1 Å². The number of primary amides is 1. The molecule has 2 heterocycles. The normalized spacial score (nSPS) is 18.6. The van der Waals surface area contributed by atoms with Gasteiger partial charge >= 0.3 is 12.1 Å². The Kier molecular flexibility index (Phi) is 19.7. The number of aromatic amines is 1. The largest absolute Gasteiger partial charge is 0.495 e. The molecule has 2 aliphatic rings. The third-order valence-corrected chi connectivity index (χ3v) is 8.12. The predicted octanol–water partition coefficient (Wildman–Crippen LogP) is 6.55. The first kappa shape index (κ1) is 44.7. The summed E-state index contributed by atoms with van der Waals surface area (Å²) in [6.45, 7) is 19.1. The first-order valence-corrected chi connectivity index (χ1v) is 17.7. The molecular weight excluding hydrogens is 676 g/mol. The van der Waals surface area contributed by atoms with Gasteiger partial charge in [-0.15, -0.1) is 13.2 Å². The number of hydrogen-bond donors (Lipinski definition) is 3. The number of pyridine rings is 1. The molecule has 0 spiro atoms. The summed E-state index contributed by atoms with van der Waals surface area (Å²) in [6.07, 6.45) is 11.5. The predicted molar refractivity (Wildman–Crippen MR) is 202 cm³/mol. The summed E-state index contributed by atoms with van der Waals surface area (Å²) in [4.78, 5) is 61.2. The molecule has 1 saturated heterocycles. The molecule has 1 aromatic heterocycles. The summed E-state index contributed by atoms with van der Waals surface area (Å²) in [5.74, 6) is 0.280. The van der Waals surface area contributed by atoms with Crippen LogP contribution < -0.4 is 21.3 Å². The van der Waals surface area contributed by atoms with Crippen molar-refractivity contribution in [1.29, 1.82) is 0 Å². The second kappa shape index (κ2) is 22.5. The maximum absolute atomic E-state index is 12.0. The highest BCUT2D eigenvalue weighted by atomic mass is 35.5. The Morgan fingerprint density at radius 3 is 2.35 bits per heavy atom. The Labute approximate surface area is 307 Å². The number of allylic oxidation sites excluding steroid dienone is 2. The first-order chi connectivity index (χ1) is 24.0. The Balaban J connectivity index is 0.000000365. The van der Waals surface area contributed by atoms with E-state index in [0.29, 0.717) is 35.2 Å². The minimum Gasteiger partial charge on any atom is -0.495 e. The van der Waals surface area contributed by atoms with Crippen molar-refractivity contribution in [2.75, 3.05) is 26.8 Å². The van der Waals surface area contributed by atoms with Gasteiger partial charge in [0.15, 0.2) is 0 Å². The summed E-state index contributed by atoms with van der Waals surface area (Å²) >= 11 is 5.79. The number of amides is 3. The quantitative estimate of drug-likeness (QED) is 0.133. The van der Waals surface area contributed by atoms with Crippen molar-refractivity contribution in [1.82, 2.24) is 15.2 Å². The summed E-state index contributed by atoms with van der Waals surface area (Å²) in [6, 6.07) is 4.53. The van der Waals surface area contributed by atoms with Gasteiger partial charge in [0.05, 0.1) is 25.0 Å². The van der Waals surface area contributed by atoms with Crippen molar-refractivity contribution in [2.45, 2.75) is 91.7 Å². The molecule has 1 aliphatic carbocycles. The molecule has 284 valence electrons. The molecule has 0 bridgehead atoms. The van der Waals surface area contributed by atoms with E-state index in [4.69, 9.17) is 31.5 Å². The van der Waals surface area contributed by atoms with Crippen LogP contribution >= 0.6 is 11.6 Å². The van der Waals surface area contributed by atoms with Crippen LogP contribution in [0.2, 0.25) is 5.02 Å². The number of fused-ring (bicyclic) bond motifs is 1. The van der Waals surface area contributed by atoms with Crippen LogP contribution in [0.15, 0.2) is 54.5 Å². The van der Waals surface area contributed by atoms with Crippen molar-refractivity contribution in [2.24, 2.45) is 23.5 Å². The number of nitrogens with zero attached hydrogens (tertiary/aromatic N) is 1. The van der Waals surface area contributed by atoms with Crippen LogP contribution in [0.1, 0.15) is 80.1 Å². The number of nitrogens with two attached hydrogens (primary N) is 1. The van der Waals surface area contributed by atoms with Crippen molar-refractivity contribution in [3.05, 3.63) is 65.1 Å². The number of alkyl carbamates (subject to hydrolysis) is 1. The lowest BCUT2D eigenvalue weighted by molar-refractivity contribution is -0.144. The van der Waals surface area contributed by atoms with Gasteiger partial charge in [0.2, 0.25) is 11.8 Å². The molecule has 3 amide bonds. The zero-order chi connectivity index (χ0) is 38.7. The third kappa shape index (κ3) is 16.1. The number of aromatic nitrogens is 1. The van der Waals surface area contributed by atoms with Gasteiger partial charge in [0.25, 0.3) is 5.56 Å². The van der Waals surface area contributed by atoms with Crippen LogP contribution in [0, 0.1) is 17.8 Å². The molecule has 1 saturated carbocycles. The minimum atomic E-state index is -0.659. The second-order valence-electron chi connectivity index (χ2n) is 13.2. The van der Waals surface area contributed by atoms with Gasteiger partial charge in [-0.25, -0.2) is 4.79 Å². The van der Waals surface area contributed by atoms with Gasteiger partial charge in [-0.2, -0.15) is 0 Å². The van der Waals surface area contributed by atoms with E-state index in [0.717, 1.165) is 18.2 Å². The zero-order valence-corrected chi connectivity index (χ0v) is 32.0. The molecule has 2 fully saturated rings. The van der Waals surface area contributed by atoms with E-state index in [9.17, 15) is 24.0 Å². The Morgan fingerprint density at radius 1 is 1.14 bits per heavy atom. The molecule has 4 atom stereocenters. The maximum Gasteiger partial charge on any atom is 0.408 e. The monoisotopic (exact) mass is 732 g/mol. The number of nitrogens with one attached hydrogen (secondary N) is 2. The van der Waals surface area contributed by atoms with Crippen LogP contribution in [0.3, 0.4) is 0 Å². The molecule has 2 aromatic rings. The van der Waals surface area contributed by atoms with Gasteiger partial charge in [-0.05, 0) is 83.4 Å². The fraction of sp³-hybridized carbons (Fsp3) is 0.553. The van der Waals surface area contributed by atoms with Crippen molar-refractivity contribution in [3.8, 4) is 5.75 Å². The number of likely N-dealkylation sites (tertiary alicyclic amines) is 1. The van der Waals surface area contributed by atoms with Crippen molar-refractivity contribution in [3.63, 3.8) is 0 Å². The highest BCUT2D eigenvalue weighted by molar-refractivity contribution is 6.31. The van der Waals surface area contributed by atoms with Crippen LogP contribution in [-0.2, 0) is 23.9 Å². The van der Waals surface area contributed by atoms with Crippen molar-refractivity contribution < 1.29 is 33.4 Å². The third-order valence-electron chi connectivity index (χ3n) is 7.88. The number of H-pyrrole nitrogens is 1. The van der Waals surface area contributed by atoms with E-state index in [1.54, 1.807) is 52.3 Å². The summed E-state index contributed by atoms with van der Waals surface area (Å²) in [5.41, 5.74) is 4.53. The molecular formula is C38H57ClN4O8. The van der Waals surface area contributed by atoms with E-state index < -0.39 is 23.6 Å². The van der Waals surface area contributed by atoms with Crippen LogP contribution in [-0.4, -0.2) is 72.2 Å². The van der Waals surface area contributed by atoms with E-state index >= 15 is 0 Å². The van der Waals surface area contributed by atoms with Crippen LogP contribution in [0.4, 0.5) is 4.79 Å². The van der Waals surface area contributed by atoms with Gasteiger partial charge in [0, 0.05) is 23.2 Å². The van der Waals surface area contributed by atoms with Crippen molar-refractivity contribution >= 4 is 46.3 Å². The first-order valence-electron chi connectivity index (χ1n) is 17.4. The number of esters is 1. The smallest absolute Gasteiger partial charge is 0.408 e. The average molecular weight is 733 g/mol. The summed E-state index contributed by atoms with van der Waals surface area (Å²) in [7, 11) is 1.56. The Bertz CT molecular complexity index is 1520. The molecule has 51 heavy (non-hydrogen) atoms. The number of carbonyl (C=O) groups excluding carboxylic acids is 4. The second-order valence-corrected chi connectivity index (χ2v) is 13.6. The minimum absolute atomic E-state index is 0.0398. The number of rotatable bonds is 11. The standard InChI is InChI=1S/C13H23N3O4.C10H8ClNO2.C8H12O2.C7H14/c1-8-5-6-16(10(8)11(14)18)9(17)7-15-12(19)20-13(2,3)4;1-14-9-5-12-10(13)8-4-6(11)2-3-7(8)9;1-3-6-5-7(6)8(9)10-4-2;1-3-5-7-6-4-2/h8,10H,5-7H2,1-4H3,(H2,14,18)(H,15,19);2-5H,1H3,(H,12,13);3,6-7H,1,4-5H2,2H3;3H,1,4-7H2,2H3. The maximum atomic E-state index is 12.0. The lowest BCUT2D eigenvalue weighted by Gasteiger charge is -2.25. The van der Waals surface area contributed by atoms with Crippen LogP contribution in [0.5, 0.6) is 5.75 Å². The summed E-state index contributed by atoms with van der Waals surface area (Å²) < 4.78 is 15.0. The molecule has 12 nitrogen and oxygen atoms in total. The topological polar surface area (TPSA) is 170 Å². The number of ether oxygens (including phenoxy) is 3. The molecule has 13 heteroatoms. The lowest BCUT2D eigenvalue weighted by atomic mass is 10.0. The SMILES string of the molecule is C=CC1CC1C(=O)OCC.C=CCCCCC.CC1CCN(C(=O)CNC(=O)OC(C)(C)C)C1C(N)=O.COc1c[nH]c(=O)c2cc(Cl)ccc12. The number of carbonyl (C=O) groups is 4. The van der Waals surface area contributed by atoms with E-state index in [1.165, 1.54) is 30.6 Å². The fourth-order valence-electron chi connectivity index (χ4n) is 5.13. The van der Waals surface area contributed by atoms with Crippen LogP contribution in [0.25, 0.3) is 10.8 Å². The molecule has 1 aliphatic heterocycles. The number of hydrogen-bond acceptors (Lipinski definition) is 8. The molecule has 4 rings (SSSR count). The number of benzene rings is 1. The van der Waals surface area contributed by atoms with Gasteiger partial charge in [-0.1, -0.05) is 50.4 Å². The van der Waals surface area contributed by atoms with E-state index in [2.05, 4.69) is 30.4 Å². The lowest BCUT2D eigenvalue weighted by Crippen LogP contribution is -2.49. The van der Waals surface area contributed by atoms with Gasteiger partial charge in [-0.3, -0.25) is 19.2 Å². The highest BCUT2D eigenvalue weighted by Crippen LogP contribution is 2.40. The number of methoxy groups -OCH3 is 1. The molecule has 4 N–H and O–H groups in total. The Morgan fingerprint density at radius 2 is 1.82 bits per heavy atom. The van der Waals surface area contributed by atoms with E-state index in [-0.39, 0.29) is 35.8 Å². The average Bonchev–Trinajstić information content (AvgIpc) is 3.77. The summed E-state index contributed by atoms with van der Waals surface area (Å²) in [5, 5.41) is 4.23. The molecule has 4 unspecified atom stereocenters. The molecule has 0 radical (unpaired) electrons. The van der Waals surface area contributed by atoms with E-state index in [1.807, 2.05) is 26.0 Å².